The SMILES string of the molecule is COc1ccc(C(C)(C)C)cc1CC1(C#N)COC1. The Kier molecular flexibility index (Phi) is 3.56. The van der Waals surface area contributed by atoms with Crippen molar-refractivity contribution < 1.29 is 9.47 Å². The predicted octanol–water partition coefficient (Wildman–Crippen LogP) is 3.08. The lowest BCUT2D eigenvalue weighted by molar-refractivity contribution is -0.0767. The Hall–Kier alpha value is -1.53. The zero-order chi connectivity index (χ0) is 14.1. The van der Waals surface area contributed by atoms with Crippen molar-refractivity contribution in [1.29, 1.82) is 5.26 Å². The van der Waals surface area contributed by atoms with Crippen LogP contribution in [0.15, 0.2) is 18.2 Å². The molecule has 1 aliphatic rings. The van der Waals surface area contributed by atoms with E-state index in [2.05, 4.69) is 39.0 Å². The lowest BCUT2D eigenvalue weighted by atomic mass is 9.79. The third kappa shape index (κ3) is 2.74. The predicted molar refractivity (Wildman–Crippen MR) is 74.3 cm³/mol. The number of nitrogens with zero attached hydrogens (tertiary/aromatic N) is 1. The molecule has 2 rings (SSSR count). The normalized spacial score (nSPS) is 17.4. The second-order valence-corrected chi connectivity index (χ2v) is 6.34. The standard InChI is InChI=1S/C16H21NO2/c1-15(2,3)13-5-6-14(18-4)12(7-13)8-16(9-17)10-19-11-16/h5-7H,8,10-11H2,1-4H3. The Balaban J connectivity index is 2.35. The van der Waals surface area contributed by atoms with Gasteiger partial charge in [0.1, 0.15) is 11.2 Å². The van der Waals surface area contributed by atoms with Crippen molar-refractivity contribution in [2.45, 2.75) is 32.6 Å². The van der Waals surface area contributed by atoms with Gasteiger partial charge in [0.15, 0.2) is 0 Å². The number of ether oxygens (including phenoxy) is 2. The van der Waals surface area contributed by atoms with Gasteiger partial charge in [0.25, 0.3) is 0 Å². The molecule has 102 valence electrons. The minimum Gasteiger partial charge on any atom is -0.496 e. The molecule has 0 atom stereocenters. The molecule has 3 nitrogen and oxygen atoms in total. The van der Waals surface area contributed by atoms with Gasteiger partial charge < -0.3 is 9.47 Å². The Labute approximate surface area is 115 Å². The van der Waals surface area contributed by atoms with Gasteiger partial charge >= 0.3 is 0 Å². The van der Waals surface area contributed by atoms with E-state index < -0.39 is 0 Å². The smallest absolute Gasteiger partial charge is 0.122 e. The van der Waals surface area contributed by atoms with Crippen LogP contribution in [0, 0.1) is 16.7 Å². The summed E-state index contributed by atoms with van der Waals surface area (Å²) in [4.78, 5) is 0. The first-order valence-electron chi connectivity index (χ1n) is 6.57. The van der Waals surface area contributed by atoms with E-state index in [0.29, 0.717) is 19.6 Å². The van der Waals surface area contributed by atoms with Crippen LogP contribution in [0.4, 0.5) is 0 Å². The van der Waals surface area contributed by atoms with Crippen molar-refractivity contribution in [2.75, 3.05) is 20.3 Å². The van der Waals surface area contributed by atoms with Crippen LogP contribution >= 0.6 is 0 Å². The van der Waals surface area contributed by atoms with Gasteiger partial charge in [-0.25, -0.2) is 0 Å². The summed E-state index contributed by atoms with van der Waals surface area (Å²) in [5.74, 6) is 0.856. The van der Waals surface area contributed by atoms with E-state index >= 15 is 0 Å². The summed E-state index contributed by atoms with van der Waals surface area (Å²) in [6, 6.07) is 8.65. The van der Waals surface area contributed by atoms with E-state index in [0.717, 1.165) is 11.3 Å². The molecule has 0 spiro atoms. The van der Waals surface area contributed by atoms with E-state index in [9.17, 15) is 5.26 Å². The zero-order valence-electron chi connectivity index (χ0n) is 12.1. The van der Waals surface area contributed by atoms with Crippen molar-refractivity contribution in [2.24, 2.45) is 5.41 Å². The highest BCUT2D eigenvalue weighted by Crippen LogP contribution is 2.36. The van der Waals surface area contributed by atoms with E-state index in [-0.39, 0.29) is 10.8 Å². The second kappa shape index (κ2) is 4.86. The summed E-state index contributed by atoms with van der Waals surface area (Å²) >= 11 is 0. The topological polar surface area (TPSA) is 42.2 Å². The fraction of sp³-hybridized carbons (Fsp3) is 0.562. The van der Waals surface area contributed by atoms with Crippen LogP contribution in [-0.4, -0.2) is 20.3 Å². The highest BCUT2D eigenvalue weighted by molar-refractivity contribution is 5.41. The number of methoxy groups -OCH3 is 1. The molecule has 1 aromatic rings. The summed E-state index contributed by atoms with van der Waals surface area (Å²) < 4.78 is 10.6. The molecular weight excluding hydrogens is 238 g/mol. The molecule has 0 radical (unpaired) electrons. The largest absolute Gasteiger partial charge is 0.496 e. The lowest BCUT2D eigenvalue weighted by Gasteiger charge is -2.35. The van der Waals surface area contributed by atoms with Crippen LogP contribution in [0.1, 0.15) is 31.9 Å². The number of hydrogen-bond acceptors (Lipinski definition) is 3. The van der Waals surface area contributed by atoms with Crippen molar-refractivity contribution in [3.05, 3.63) is 29.3 Å². The minimum absolute atomic E-state index is 0.0942. The molecule has 1 saturated heterocycles. The number of nitriles is 1. The average molecular weight is 259 g/mol. The molecule has 0 amide bonds. The Morgan fingerprint density at radius 1 is 1.37 bits per heavy atom. The average Bonchev–Trinajstić information content (AvgIpc) is 2.32. The number of hydrogen-bond donors (Lipinski definition) is 0. The van der Waals surface area contributed by atoms with Gasteiger partial charge in [0, 0.05) is 0 Å². The van der Waals surface area contributed by atoms with Gasteiger partial charge in [-0.3, -0.25) is 0 Å². The second-order valence-electron chi connectivity index (χ2n) is 6.34. The summed E-state index contributed by atoms with van der Waals surface area (Å²) in [7, 11) is 1.67. The van der Waals surface area contributed by atoms with E-state index in [1.165, 1.54) is 5.56 Å². The summed E-state index contributed by atoms with van der Waals surface area (Å²) in [5.41, 5.74) is 2.08. The zero-order valence-corrected chi connectivity index (χ0v) is 12.1. The summed E-state index contributed by atoms with van der Waals surface area (Å²) in [6.45, 7) is 7.60. The number of benzene rings is 1. The molecule has 0 aromatic heterocycles. The van der Waals surface area contributed by atoms with Gasteiger partial charge in [-0.15, -0.1) is 0 Å². The Bertz CT molecular complexity index is 504. The third-order valence-corrected chi connectivity index (χ3v) is 3.67. The lowest BCUT2D eigenvalue weighted by Crippen LogP contribution is -2.43. The van der Waals surface area contributed by atoms with Gasteiger partial charge in [-0.05, 0) is 29.0 Å². The van der Waals surface area contributed by atoms with E-state index in [1.54, 1.807) is 7.11 Å². The summed E-state index contributed by atoms with van der Waals surface area (Å²) in [5, 5.41) is 9.32. The molecule has 0 aliphatic carbocycles. The quantitative estimate of drug-likeness (QED) is 0.837. The molecular formula is C16H21NO2. The highest BCUT2D eigenvalue weighted by Gasteiger charge is 2.39. The molecule has 0 bridgehead atoms. The van der Waals surface area contributed by atoms with Crippen LogP contribution in [-0.2, 0) is 16.6 Å². The molecule has 1 heterocycles. The molecule has 1 aliphatic heterocycles. The maximum atomic E-state index is 9.32. The van der Waals surface area contributed by atoms with Crippen molar-refractivity contribution in [3.8, 4) is 11.8 Å². The van der Waals surface area contributed by atoms with Crippen LogP contribution < -0.4 is 4.74 Å². The molecule has 0 saturated carbocycles. The van der Waals surface area contributed by atoms with Gasteiger partial charge in [-0.2, -0.15) is 5.26 Å². The molecule has 3 heteroatoms. The third-order valence-electron chi connectivity index (χ3n) is 3.67. The highest BCUT2D eigenvalue weighted by atomic mass is 16.5. The van der Waals surface area contributed by atoms with Gasteiger partial charge in [0.05, 0.1) is 26.4 Å². The first kappa shape index (κ1) is 13.9. The summed E-state index contributed by atoms with van der Waals surface area (Å²) in [6.07, 6.45) is 0.691. The van der Waals surface area contributed by atoms with E-state index in [4.69, 9.17) is 9.47 Å². The van der Waals surface area contributed by atoms with Crippen LogP contribution in [0.3, 0.4) is 0 Å². The number of rotatable bonds is 3. The fourth-order valence-corrected chi connectivity index (χ4v) is 2.30. The van der Waals surface area contributed by atoms with Gasteiger partial charge in [0.2, 0.25) is 0 Å². The first-order chi connectivity index (χ1) is 8.90. The first-order valence-corrected chi connectivity index (χ1v) is 6.57. The fourth-order valence-electron chi connectivity index (χ4n) is 2.30. The molecule has 0 N–H and O–H groups in total. The molecule has 1 fully saturated rings. The van der Waals surface area contributed by atoms with E-state index in [1.807, 2.05) is 6.07 Å². The van der Waals surface area contributed by atoms with Crippen molar-refractivity contribution >= 4 is 0 Å². The van der Waals surface area contributed by atoms with Crippen LogP contribution in [0.25, 0.3) is 0 Å². The maximum Gasteiger partial charge on any atom is 0.122 e. The van der Waals surface area contributed by atoms with Crippen LogP contribution in [0.2, 0.25) is 0 Å². The monoisotopic (exact) mass is 259 g/mol. The van der Waals surface area contributed by atoms with Crippen molar-refractivity contribution in [1.82, 2.24) is 0 Å². The molecule has 1 aromatic carbocycles. The molecule has 0 unspecified atom stereocenters. The minimum atomic E-state index is -0.371. The van der Waals surface area contributed by atoms with Gasteiger partial charge in [-0.1, -0.05) is 32.9 Å². The Morgan fingerprint density at radius 2 is 2.05 bits per heavy atom. The van der Waals surface area contributed by atoms with Crippen molar-refractivity contribution in [3.63, 3.8) is 0 Å². The molecule has 19 heavy (non-hydrogen) atoms. The Morgan fingerprint density at radius 3 is 2.47 bits per heavy atom. The van der Waals surface area contributed by atoms with Crippen LogP contribution in [0.5, 0.6) is 5.75 Å². The maximum absolute atomic E-state index is 9.32.